The van der Waals surface area contributed by atoms with Crippen molar-refractivity contribution in [1.29, 1.82) is 0 Å². The molecule has 0 amide bonds. The molecule has 2 atom stereocenters. The predicted octanol–water partition coefficient (Wildman–Crippen LogP) is 10.9. The minimum atomic E-state index is -4.46. The summed E-state index contributed by atoms with van der Waals surface area (Å²) in [7, 11) is -4.46. The highest BCUT2D eigenvalue weighted by atomic mass is 31.2. The molecule has 0 heterocycles. The lowest BCUT2D eigenvalue weighted by molar-refractivity contribution is -0.152. The van der Waals surface area contributed by atoms with Gasteiger partial charge in [0.2, 0.25) is 0 Å². The number of carbonyl (C=O) groups excluding carboxylic acids is 2. The number of phosphoric acid groups is 1. The van der Waals surface area contributed by atoms with Crippen LogP contribution in [0.4, 0.5) is 0 Å². The fourth-order valence-corrected chi connectivity index (χ4v) is 6.48. The summed E-state index contributed by atoms with van der Waals surface area (Å²) in [4.78, 5) is 34.7. The van der Waals surface area contributed by atoms with E-state index in [2.05, 4.69) is 32.9 Å². The number of hydrogen-bond donors (Lipinski definition) is 2. The van der Waals surface area contributed by atoms with E-state index in [1.165, 1.54) is 96.3 Å². The van der Waals surface area contributed by atoms with Crippen LogP contribution in [0.25, 0.3) is 0 Å². The van der Waals surface area contributed by atoms with E-state index in [1.54, 1.807) is 0 Å². The van der Waals surface area contributed by atoms with Crippen LogP contribution in [0.15, 0.2) is 12.2 Å². The standard InChI is InChI=1S/C39H76NO8P/c1-4-5-6-7-8-9-10-11-15-18-21-24-27-30-38(41)45-34-37(48-49(43,44)47-33-32-40)35-46-39(42)31-28-25-22-19-16-13-12-14-17-20-23-26-29-36(2)3/h12,14,36-37H,4-11,13,15-35,40H2,1-3H3,(H,43,44)/b14-12-. The molecule has 0 radical (unpaired) electrons. The second-order valence-corrected chi connectivity index (χ2v) is 15.4. The number of allylic oxidation sites excluding steroid dienone is 2. The van der Waals surface area contributed by atoms with Crippen molar-refractivity contribution >= 4 is 19.8 Å². The summed E-state index contributed by atoms with van der Waals surface area (Å²) in [5.74, 6) is -0.0272. The number of carbonyl (C=O) groups is 2. The summed E-state index contributed by atoms with van der Waals surface area (Å²) in [5, 5.41) is 0. The van der Waals surface area contributed by atoms with E-state index in [-0.39, 0.29) is 39.2 Å². The quantitative estimate of drug-likeness (QED) is 0.0278. The van der Waals surface area contributed by atoms with Crippen molar-refractivity contribution in [2.75, 3.05) is 26.4 Å². The molecule has 290 valence electrons. The lowest BCUT2D eigenvalue weighted by Gasteiger charge is -2.20. The Morgan fingerprint density at radius 1 is 0.653 bits per heavy atom. The molecule has 0 aromatic carbocycles. The van der Waals surface area contributed by atoms with Crippen molar-refractivity contribution < 1.29 is 37.6 Å². The number of phosphoric ester groups is 1. The second-order valence-electron chi connectivity index (χ2n) is 14.0. The van der Waals surface area contributed by atoms with Gasteiger partial charge in [0, 0.05) is 19.4 Å². The van der Waals surface area contributed by atoms with Crippen molar-refractivity contribution in [2.24, 2.45) is 11.7 Å². The summed E-state index contributed by atoms with van der Waals surface area (Å²) in [5.41, 5.74) is 5.36. The third-order valence-electron chi connectivity index (χ3n) is 8.57. The molecule has 49 heavy (non-hydrogen) atoms. The van der Waals surface area contributed by atoms with E-state index >= 15 is 0 Å². The lowest BCUT2D eigenvalue weighted by atomic mass is 10.0. The number of hydrogen-bond acceptors (Lipinski definition) is 8. The largest absolute Gasteiger partial charge is 0.472 e. The highest BCUT2D eigenvalue weighted by Gasteiger charge is 2.28. The summed E-state index contributed by atoms with van der Waals surface area (Å²) >= 11 is 0. The first kappa shape index (κ1) is 47.8. The third-order valence-corrected chi connectivity index (χ3v) is 9.64. The van der Waals surface area contributed by atoms with Gasteiger partial charge in [-0.1, -0.05) is 148 Å². The highest BCUT2D eigenvalue weighted by molar-refractivity contribution is 7.47. The van der Waals surface area contributed by atoms with Gasteiger partial charge in [-0.25, -0.2) is 4.57 Å². The Bertz CT molecular complexity index is 838. The Morgan fingerprint density at radius 3 is 1.49 bits per heavy atom. The van der Waals surface area contributed by atoms with Gasteiger partial charge >= 0.3 is 19.8 Å². The van der Waals surface area contributed by atoms with E-state index < -0.39 is 25.9 Å². The molecule has 2 unspecified atom stereocenters. The maximum Gasteiger partial charge on any atom is 0.472 e. The zero-order valence-electron chi connectivity index (χ0n) is 31.9. The summed E-state index contributed by atoms with van der Waals surface area (Å²) in [6.07, 6.45) is 32.3. The van der Waals surface area contributed by atoms with Gasteiger partial charge in [-0.2, -0.15) is 0 Å². The van der Waals surface area contributed by atoms with Crippen LogP contribution in [0.1, 0.15) is 188 Å². The van der Waals surface area contributed by atoms with Crippen LogP contribution in [0.2, 0.25) is 0 Å². The highest BCUT2D eigenvalue weighted by Crippen LogP contribution is 2.44. The lowest BCUT2D eigenvalue weighted by Crippen LogP contribution is -2.28. The van der Waals surface area contributed by atoms with Crippen LogP contribution in [0.5, 0.6) is 0 Å². The Kier molecular flexibility index (Phi) is 34.3. The molecule has 0 spiro atoms. The van der Waals surface area contributed by atoms with Gasteiger partial charge in [0.1, 0.15) is 19.3 Å². The molecule has 9 nitrogen and oxygen atoms in total. The minimum Gasteiger partial charge on any atom is -0.463 e. The molecule has 0 aromatic rings. The molecule has 0 bridgehead atoms. The summed E-state index contributed by atoms with van der Waals surface area (Å²) in [6, 6.07) is 0. The maximum absolute atomic E-state index is 12.3. The van der Waals surface area contributed by atoms with Gasteiger partial charge in [-0.3, -0.25) is 18.6 Å². The second kappa shape index (κ2) is 35.2. The minimum absolute atomic E-state index is 0.0387. The third kappa shape index (κ3) is 36.3. The van der Waals surface area contributed by atoms with E-state index in [4.69, 9.17) is 24.3 Å². The zero-order chi connectivity index (χ0) is 36.3. The first-order chi connectivity index (χ1) is 23.7. The first-order valence-corrected chi connectivity index (χ1v) is 21.5. The first-order valence-electron chi connectivity index (χ1n) is 20.0. The van der Waals surface area contributed by atoms with Gasteiger partial charge < -0.3 is 20.1 Å². The number of esters is 2. The Labute approximate surface area is 300 Å². The molecule has 3 N–H and O–H groups in total. The molecule has 0 saturated carbocycles. The average molecular weight is 718 g/mol. The molecule has 0 aliphatic rings. The molecule has 0 aliphatic carbocycles. The number of unbranched alkanes of at least 4 members (excludes halogenated alkanes) is 20. The Morgan fingerprint density at radius 2 is 1.06 bits per heavy atom. The van der Waals surface area contributed by atoms with Crippen LogP contribution in [0, 0.1) is 5.92 Å². The van der Waals surface area contributed by atoms with Crippen LogP contribution < -0.4 is 5.73 Å². The molecular weight excluding hydrogens is 641 g/mol. The zero-order valence-corrected chi connectivity index (χ0v) is 32.7. The van der Waals surface area contributed by atoms with Gasteiger partial charge in [0.05, 0.1) is 6.61 Å². The smallest absolute Gasteiger partial charge is 0.463 e. The van der Waals surface area contributed by atoms with Crippen LogP contribution in [-0.2, 0) is 32.7 Å². The molecule has 10 heteroatoms. The fourth-order valence-electron chi connectivity index (χ4n) is 5.59. The van der Waals surface area contributed by atoms with Crippen molar-refractivity contribution in [2.45, 2.75) is 194 Å². The molecule has 0 aromatic heterocycles. The van der Waals surface area contributed by atoms with Gasteiger partial charge in [0.25, 0.3) is 0 Å². The molecule has 0 aliphatic heterocycles. The Balaban J connectivity index is 4.13. The summed E-state index contributed by atoms with van der Waals surface area (Å²) in [6.45, 7) is 6.05. The Hall–Kier alpha value is -1.25. The van der Waals surface area contributed by atoms with E-state index in [0.717, 1.165) is 57.3 Å². The molecular formula is C39H76NO8P. The van der Waals surface area contributed by atoms with E-state index in [9.17, 15) is 19.0 Å². The predicted molar refractivity (Wildman–Crippen MR) is 201 cm³/mol. The van der Waals surface area contributed by atoms with E-state index in [1.807, 2.05) is 0 Å². The molecule has 0 saturated heterocycles. The van der Waals surface area contributed by atoms with Crippen LogP contribution in [0.3, 0.4) is 0 Å². The van der Waals surface area contributed by atoms with Crippen molar-refractivity contribution in [3.8, 4) is 0 Å². The maximum atomic E-state index is 12.3. The number of nitrogens with two attached hydrogens (primary N) is 1. The normalized spacial score (nSPS) is 13.6. The van der Waals surface area contributed by atoms with E-state index in [0.29, 0.717) is 6.42 Å². The molecule has 0 rings (SSSR count). The van der Waals surface area contributed by atoms with Crippen molar-refractivity contribution in [3.05, 3.63) is 12.2 Å². The topological polar surface area (TPSA) is 134 Å². The van der Waals surface area contributed by atoms with Gasteiger partial charge in [-0.15, -0.1) is 0 Å². The molecule has 0 fully saturated rings. The number of rotatable bonds is 37. The van der Waals surface area contributed by atoms with Gasteiger partial charge in [0.15, 0.2) is 0 Å². The average Bonchev–Trinajstić information content (AvgIpc) is 3.07. The van der Waals surface area contributed by atoms with Gasteiger partial charge in [-0.05, 0) is 44.4 Å². The SMILES string of the molecule is CCCCCCCCCCCCCCCC(=O)OCC(COC(=O)CCCCCCC/C=C\CCCCCC(C)C)OP(=O)(O)OCCN. The summed E-state index contributed by atoms with van der Waals surface area (Å²) < 4.78 is 32.9. The van der Waals surface area contributed by atoms with Crippen molar-refractivity contribution in [1.82, 2.24) is 0 Å². The number of ether oxygens (including phenoxy) is 2. The van der Waals surface area contributed by atoms with Crippen LogP contribution in [-0.4, -0.2) is 49.3 Å². The van der Waals surface area contributed by atoms with Crippen molar-refractivity contribution in [3.63, 3.8) is 0 Å². The van der Waals surface area contributed by atoms with Crippen LogP contribution >= 0.6 is 7.82 Å². The fraction of sp³-hybridized carbons (Fsp3) is 0.897. The monoisotopic (exact) mass is 718 g/mol.